The van der Waals surface area contributed by atoms with Gasteiger partial charge < -0.3 is 10.6 Å². The van der Waals surface area contributed by atoms with Crippen molar-refractivity contribution < 1.29 is 4.79 Å². The summed E-state index contributed by atoms with van der Waals surface area (Å²) in [5, 5.41) is 6.35. The molecule has 0 fully saturated rings. The van der Waals surface area contributed by atoms with Gasteiger partial charge in [0.1, 0.15) is 5.82 Å². The molecule has 1 aromatic heterocycles. The molecule has 2 N–H and O–H groups in total. The number of hydrogen-bond donors (Lipinski definition) is 2. The number of amides is 1. The molecular formula is C16H17N3O. The number of aromatic nitrogens is 1. The van der Waals surface area contributed by atoms with Crippen LogP contribution in [-0.2, 0) is 4.79 Å². The quantitative estimate of drug-likeness (QED) is 0.833. The van der Waals surface area contributed by atoms with Crippen molar-refractivity contribution in [2.45, 2.75) is 25.8 Å². The first-order valence-corrected chi connectivity index (χ1v) is 6.80. The largest absolute Gasteiger partial charge is 0.362 e. The molecule has 0 saturated heterocycles. The standard InChI is InChI=1S/C16H17N3O/c1-11-9-14-16(17-10-11)19-13(7-8-15(20)18-14)12-5-3-2-4-6-12/h2-6,9-10,13H,7-8H2,1H3,(H,17,19)(H,18,20). The van der Waals surface area contributed by atoms with Crippen LogP contribution in [0.25, 0.3) is 0 Å². The lowest BCUT2D eigenvalue weighted by Crippen LogP contribution is -2.22. The molecule has 4 heteroatoms. The summed E-state index contributed by atoms with van der Waals surface area (Å²) in [4.78, 5) is 16.3. The maximum atomic E-state index is 11.9. The van der Waals surface area contributed by atoms with Crippen LogP contribution in [0, 0.1) is 6.92 Å². The van der Waals surface area contributed by atoms with Gasteiger partial charge in [0.2, 0.25) is 5.91 Å². The van der Waals surface area contributed by atoms with Gasteiger partial charge in [-0.15, -0.1) is 0 Å². The number of carbonyl (C=O) groups excluding carboxylic acids is 1. The normalized spacial score (nSPS) is 18.2. The minimum absolute atomic E-state index is 0.0427. The van der Waals surface area contributed by atoms with Gasteiger partial charge in [-0.1, -0.05) is 30.3 Å². The third-order valence-electron chi connectivity index (χ3n) is 3.47. The van der Waals surface area contributed by atoms with Gasteiger partial charge in [0.15, 0.2) is 0 Å². The highest BCUT2D eigenvalue weighted by atomic mass is 16.1. The molecule has 0 aliphatic carbocycles. The molecule has 4 nitrogen and oxygen atoms in total. The number of nitrogens with zero attached hydrogens (tertiary/aromatic N) is 1. The van der Waals surface area contributed by atoms with Gasteiger partial charge in [0.05, 0.1) is 11.7 Å². The number of carbonyl (C=O) groups is 1. The monoisotopic (exact) mass is 267 g/mol. The third-order valence-corrected chi connectivity index (χ3v) is 3.47. The molecule has 0 radical (unpaired) electrons. The van der Waals surface area contributed by atoms with Gasteiger partial charge in [-0.25, -0.2) is 4.98 Å². The van der Waals surface area contributed by atoms with E-state index in [9.17, 15) is 4.79 Å². The van der Waals surface area contributed by atoms with Crippen molar-refractivity contribution in [3.8, 4) is 0 Å². The summed E-state index contributed by atoms with van der Waals surface area (Å²) in [5.74, 6) is 0.776. The van der Waals surface area contributed by atoms with Crippen LogP contribution in [0.4, 0.5) is 11.5 Å². The Morgan fingerprint density at radius 1 is 1.25 bits per heavy atom. The first-order chi connectivity index (χ1) is 9.72. The lowest BCUT2D eigenvalue weighted by atomic mass is 10.0. The van der Waals surface area contributed by atoms with Crippen molar-refractivity contribution in [3.63, 3.8) is 0 Å². The summed E-state index contributed by atoms with van der Waals surface area (Å²) in [6.45, 7) is 1.97. The molecule has 3 rings (SSSR count). The van der Waals surface area contributed by atoms with Crippen molar-refractivity contribution in [1.82, 2.24) is 4.98 Å². The number of rotatable bonds is 1. The van der Waals surface area contributed by atoms with Crippen LogP contribution >= 0.6 is 0 Å². The Morgan fingerprint density at radius 3 is 2.85 bits per heavy atom. The van der Waals surface area contributed by atoms with E-state index in [1.807, 2.05) is 37.4 Å². The van der Waals surface area contributed by atoms with Crippen LogP contribution in [0.5, 0.6) is 0 Å². The fourth-order valence-electron chi connectivity index (χ4n) is 2.44. The van der Waals surface area contributed by atoms with Crippen LogP contribution in [0.15, 0.2) is 42.6 Å². The molecule has 20 heavy (non-hydrogen) atoms. The van der Waals surface area contributed by atoms with Crippen LogP contribution in [0.2, 0.25) is 0 Å². The molecule has 1 atom stereocenters. The lowest BCUT2D eigenvalue weighted by molar-refractivity contribution is -0.116. The zero-order valence-electron chi connectivity index (χ0n) is 11.4. The Hall–Kier alpha value is -2.36. The smallest absolute Gasteiger partial charge is 0.224 e. The molecule has 0 spiro atoms. The molecule has 102 valence electrons. The van der Waals surface area contributed by atoms with Crippen molar-refractivity contribution in [1.29, 1.82) is 0 Å². The molecule has 2 aromatic rings. The average Bonchev–Trinajstić information content (AvgIpc) is 2.44. The van der Waals surface area contributed by atoms with Crippen LogP contribution in [-0.4, -0.2) is 10.9 Å². The highest BCUT2D eigenvalue weighted by Crippen LogP contribution is 2.30. The summed E-state index contributed by atoms with van der Waals surface area (Å²) in [5.41, 5.74) is 2.97. The fraction of sp³-hybridized carbons (Fsp3) is 0.250. The highest BCUT2D eigenvalue weighted by Gasteiger charge is 2.19. The van der Waals surface area contributed by atoms with Crippen LogP contribution < -0.4 is 10.6 Å². The van der Waals surface area contributed by atoms with E-state index >= 15 is 0 Å². The lowest BCUT2D eigenvalue weighted by Gasteiger charge is -2.24. The van der Waals surface area contributed by atoms with Crippen LogP contribution in [0.3, 0.4) is 0 Å². The number of nitrogens with one attached hydrogen (secondary N) is 2. The second-order valence-electron chi connectivity index (χ2n) is 5.10. The molecule has 2 heterocycles. The van der Waals surface area contributed by atoms with Gasteiger partial charge in [-0.3, -0.25) is 4.79 Å². The van der Waals surface area contributed by atoms with Gasteiger partial charge in [0, 0.05) is 12.6 Å². The number of fused-ring (bicyclic) bond motifs is 1. The number of hydrogen-bond acceptors (Lipinski definition) is 3. The summed E-state index contributed by atoms with van der Waals surface area (Å²) in [7, 11) is 0. The molecule has 1 unspecified atom stereocenters. The van der Waals surface area contributed by atoms with E-state index < -0.39 is 0 Å². The van der Waals surface area contributed by atoms with E-state index in [-0.39, 0.29) is 11.9 Å². The minimum Gasteiger partial charge on any atom is -0.362 e. The number of aryl methyl sites for hydroxylation is 1. The second kappa shape index (κ2) is 5.33. The number of benzene rings is 1. The summed E-state index contributed by atoms with van der Waals surface area (Å²) < 4.78 is 0. The maximum absolute atomic E-state index is 11.9. The van der Waals surface area contributed by atoms with E-state index in [1.54, 1.807) is 0 Å². The zero-order chi connectivity index (χ0) is 13.9. The predicted molar refractivity (Wildman–Crippen MR) is 79.6 cm³/mol. The number of pyridine rings is 1. The highest BCUT2D eigenvalue weighted by molar-refractivity contribution is 5.94. The minimum atomic E-state index is 0.0427. The number of anilines is 2. The molecule has 0 saturated carbocycles. The van der Waals surface area contributed by atoms with Gasteiger partial charge in [-0.05, 0) is 30.5 Å². The summed E-state index contributed by atoms with van der Waals surface area (Å²) in [6, 6.07) is 12.2. The molecular weight excluding hydrogens is 250 g/mol. The van der Waals surface area contributed by atoms with E-state index in [0.717, 1.165) is 23.5 Å². The Balaban J connectivity index is 1.97. The Morgan fingerprint density at radius 2 is 2.05 bits per heavy atom. The molecule has 1 aliphatic heterocycles. The van der Waals surface area contributed by atoms with E-state index in [0.29, 0.717) is 6.42 Å². The van der Waals surface area contributed by atoms with Crippen LogP contribution in [0.1, 0.15) is 30.0 Å². The fourth-order valence-corrected chi connectivity index (χ4v) is 2.44. The Labute approximate surface area is 118 Å². The van der Waals surface area contributed by atoms with Crippen molar-refractivity contribution in [2.24, 2.45) is 0 Å². The van der Waals surface area contributed by atoms with Crippen molar-refractivity contribution >= 4 is 17.4 Å². The van der Waals surface area contributed by atoms with Crippen molar-refractivity contribution in [3.05, 3.63) is 53.7 Å². The topological polar surface area (TPSA) is 54.0 Å². The first kappa shape index (κ1) is 12.7. The SMILES string of the molecule is Cc1cnc2c(c1)NC(=O)CCC(c1ccccc1)N2. The van der Waals surface area contributed by atoms with Crippen molar-refractivity contribution in [2.75, 3.05) is 10.6 Å². The molecule has 0 bridgehead atoms. The maximum Gasteiger partial charge on any atom is 0.224 e. The van der Waals surface area contributed by atoms with Gasteiger partial charge in [-0.2, -0.15) is 0 Å². The predicted octanol–water partition coefficient (Wildman–Crippen LogP) is 3.28. The molecule has 1 aliphatic rings. The van der Waals surface area contributed by atoms with E-state index in [1.165, 1.54) is 5.56 Å². The van der Waals surface area contributed by atoms with Gasteiger partial charge >= 0.3 is 0 Å². The first-order valence-electron chi connectivity index (χ1n) is 6.80. The Kier molecular flexibility index (Phi) is 3.37. The average molecular weight is 267 g/mol. The summed E-state index contributed by atoms with van der Waals surface area (Å²) >= 11 is 0. The molecule has 1 aromatic carbocycles. The zero-order valence-corrected chi connectivity index (χ0v) is 11.4. The Bertz CT molecular complexity index is 625. The molecule has 1 amide bonds. The second-order valence-corrected chi connectivity index (χ2v) is 5.10. The van der Waals surface area contributed by atoms with Gasteiger partial charge in [0.25, 0.3) is 0 Å². The third kappa shape index (κ3) is 2.64. The van der Waals surface area contributed by atoms with E-state index in [2.05, 4.69) is 27.8 Å². The van der Waals surface area contributed by atoms with E-state index in [4.69, 9.17) is 0 Å². The summed E-state index contributed by atoms with van der Waals surface area (Å²) in [6.07, 6.45) is 3.06.